The molecule has 2 aromatic rings. The Kier molecular flexibility index (Phi) is 5.68. The molecule has 0 bridgehead atoms. The zero-order valence-corrected chi connectivity index (χ0v) is 13.2. The van der Waals surface area contributed by atoms with Gasteiger partial charge in [0.1, 0.15) is 6.54 Å². The lowest BCUT2D eigenvalue weighted by Crippen LogP contribution is -2.40. The smallest absolute Gasteiger partial charge is 0.409 e. The number of nitrogens with one attached hydrogen (secondary N) is 1. The van der Waals surface area contributed by atoms with Crippen molar-refractivity contribution in [3.63, 3.8) is 0 Å². The molecule has 1 aromatic carbocycles. The lowest BCUT2D eigenvalue weighted by Gasteiger charge is -2.19. The number of rotatable bonds is 5. The molecule has 0 saturated carbocycles. The first-order valence-corrected chi connectivity index (χ1v) is 7.33. The minimum Gasteiger partial charge on any atom is -0.409 e. The predicted octanol–water partition coefficient (Wildman–Crippen LogP) is 2.32. The quantitative estimate of drug-likeness (QED) is 0.919. The first-order chi connectivity index (χ1) is 11.1. The monoisotopic (exact) mass is 313 g/mol. The Labute approximate surface area is 135 Å². The number of hydrogen-bond acceptors (Lipinski definition) is 4. The van der Waals surface area contributed by atoms with Crippen molar-refractivity contribution in [1.82, 2.24) is 15.2 Å². The van der Waals surface area contributed by atoms with Gasteiger partial charge in [0.05, 0.1) is 11.9 Å². The second-order valence-corrected chi connectivity index (χ2v) is 4.80. The standard InChI is InChI=1S/C17H19N3O3/c1-3-20(12-16(21)18-2)17(22)23-14-9-10-15(19-11-14)13-7-5-4-6-8-13/h4-11H,3,12H2,1-2H3,(H,18,21). The van der Waals surface area contributed by atoms with Crippen molar-refractivity contribution >= 4 is 12.0 Å². The van der Waals surface area contributed by atoms with Crippen LogP contribution in [0.1, 0.15) is 6.92 Å². The third kappa shape index (κ3) is 4.54. The Morgan fingerprint density at radius 3 is 2.48 bits per heavy atom. The minimum absolute atomic E-state index is 0.0403. The molecule has 0 aliphatic rings. The Morgan fingerprint density at radius 1 is 1.17 bits per heavy atom. The fraction of sp³-hybridized carbons (Fsp3) is 0.235. The van der Waals surface area contributed by atoms with E-state index in [1.807, 2.05) is 30.3 Å². The van der Waals surface area contributed by atoms with E-state index in [9.17, 15) is 9.59 Å². The molecule has 2 rings (SSSR count). The van der Waals surface area contributed by atoms with Crippen LogP contribution in [0.2, 0.25) is 0 Å². The largest absolute Gasteiger partial charge is 0.415 e. The van der Waals surface area contributed by atoms with Crippen LogP contribution in [0.5, 0.6) is 5.75 Å². The normalized spacial score (nSPS) is 10.0. The summed E-state index contributed by atoms with van der Waals surface area (Å²) in [6.45, 7) is 2.12. The topological polar surface area (TPSA) is 71.5 Å². The highest BCUT2D eigenvalue weighted by Gasteiger charge is 2.17. The summed E-state index contributed by atoms with van der Waals surface area (Å²) in [5.41, 5.74) is 1.78. The summed E-state index contributed by atoms with van der Waals surface area (Å²) in [6.07, 6.45) is 0.916. The average Bonchev–Trinajstić information content (AvgIpc) is 2.60. The maximum atomic E-state index is 12.0. The van der Waals surface area contributed by atoms with Crippen molar-refractivity contribution in [2.24, 2.45) is 0 Å². The Morgan fingerprint density at radius 2 is 1.91 bits per heavy atom. The van der Waals surface area contributed by atoms with Crippen molar-refractivity contribution in [1.29, 1.82) is 0 Å². The van der Waals surface area contributed by atoms with E-state index in [1.54, 1.807) is 19.1 Å². The molecule has 1 N–H and O–H groups in total. The highest BCUT2D eigenvalue weighted by molar-refractivity contribution is 5.82. The van der Waals surface area contributed by atoms with Gasteiger partial charge in [0.2, 0.25) is 5.91 Å². The van der Waals surface area contributed by atoms with Crippen molar-refractivity contribution < 1.29 is 14.3 Å². The van der Waals surface area contributed by atoms with Gasteiger partial charge in [0.25, 0.3) is 0 Å². The van der Waals surface area contributed by atoms with Crippen molar-refractivity contribution in [3.8, 4) is 17.0 Å². The number of pyridine rings is 1. The molecule has 23 heavy (non-hydrogen) atoms. The van der Waals surface area contributed by atoms with Crippen LogP contribution >= 0.6 is 0 Å². The molecule has 2 amide bonds. The average molecular weight is 313 g/mol. The Bertz CT molecular complexity index is 657. The van der Waals surface area contributed by atoms with Gasteiger partial charge in [-0.3, -0.25) is 14.7 Å². The van der Waals surface area contributed by atoms with Crippen LogP contribution in [0, 0.1) is 0 Å². The highest BCUT2D eigenvalue weighted by Crippen LogP contribution is 2.19. The third-order valence-electron chi connectivity index (χ3n) is 3.26. The number of carbonyl (C=O) groups is 2. The van der Waals surface area contributed by atoms with Crippen molar-refractivity contribution in [3.05, 3.63) is 48.7 Å². The van der Waals surface area contributed by atoms with Crippen LogP contribution < -0.4 is 10.1 Å². The van der Waals surface area contributed by atoms with Crippen LogP contribution in [0.25, 0.3) is 11.3 Å². The van der Waals surface area contributed by atoms with Gasteiger partial charge < -0.3 is 10.1 Å². The molecule has 6 heteroatoms. The van der Waals surface area contributed by atoms with Crippen LogP contribution in [0.15, 0.2) is 48.7 Å². The molecular weight excluding hydrogens is 294 g/mol. The summed E-state index contributed by atoms with van der Waals surface area (Å²) in [7, 11) is 1.52. The lowest BCUT2D eigenvalue weighted by molar-refractivity contribution is -0.121. The van der Waals surface area contributed by atoms with Crippen molar-refractivity contribution in [2.75, 3.05) is 20.1 Å². The SMILES string of the molecule is CCN(CC(=O)NC)C(=O)Oc1ccc(-c2ccccc2)nc1. The second kappa shape index (κ2) is 7.93. The van der Waals surface area contributed by atoms with Crippen LogP contribution in [-0.4, -0.2) is 42.0 Å². The van der Waals surface area contributed by atoms with E-state index < -0.39 is 6.09 Å². The van der Waals surface area contributed by atoms with Crippen LogP contribution in [-0.2, 0) is 4.79 Å². The van der Waals surface area contributed by atoms with Gasteiger partial charge in [0.15, 0.2) is 5.75 Å². The number of aromatic nitrogens is 1. The molecule has 0 spiro atoms. The lowest BCUT2D eigenvalue weighted by atomic mass is 10.1. The fourth-order valence-corrected chi connectivity index (χ4v) is 1.94. The van der Waals surface area contributed by atoms with Gasteiger partial charge in [-0.15, -0.1) is 0 Å². The fourth-order valence-electron chi connectivity index (χ4n) is 1.94. The Hall–Kier alpha value is -2.89. The number of benzene rings is 1. The molecule has 1 aromatic heterocycles. The van der Waals surface area contributed by atoms with Gasteiger partial charge in [-0.25, -0.2) is 4.79 Å². The summed E-state index contributed by atoms with van der Waals surface area (Å²) in [5.74, 6) is 0.0892. The van der Waals surface area contributed by atoms with Crippen LogP contribution in [0.3, 0.4) is 0 Å². The van der Waals surface area contributed by atoms with Crippen molar-refractivity contribution in [2.45, 2.75) is 6.92 Å². The summed E-state index contributed by atoms with van der Waals surface area (Å²) in [4.78, 5) is 29.0. The van der Waals surface area contributed by atoms with E-state index in [2.05, 4.69) is 10.3 Å². The number of carbonyl (C=O) groups excluding carboxylic acids is 2. The molecule has 0 radical (unpaired) electrons. The number of ether oxygens (including phenoxy) is 1. The molecule has 0 saturated heterocycles. The summed E-state index contributed by atoms with van der Waals surface area (Å²) >= 11 is 0. The molecule has 6 nitrogen and oxygen atoms in total. The molecule has 120 valence electrons. The van der Waals surface area contributed by atoms with E-state index in [0.29, 0.717) is 12.3 Å². The predicted molar refractivity (Wildman–Crippen MR) is 87.0 cm³/mol. The van der Waals surface area contributed by atoms with Gasteiger partial charge in [-0.05, 0) is 19.1 Å². The first kappa shape index (κ1) is 16.5. The zero-order chi connectivity index (χ0) is 16.7. The van der Waals surface area contributed by atoms with Crippen LogP contribution in [0.4, 0.5) is 4.79 Å². The molecule has 0 aliphatic heterocycles. The number of likely N-dealkylation sites (N-methyl/N-ethyl adjacent to an activating group) is 2. The molecule has 0 fully saturated rings. The summed E-state index contributed by atoms with van der Waals surface area (Å²) in [6, 6.07) is 13.2. The van der Waals surface area contributed by atoms with E-state index in [-0.39, 0.29) is 12.5 Å². The zero-order valence-electron chi connectivity index (χ0n) is 13.2. The van der Waals surface area contributed by atoms with E-state index >= 15 is 0 Å². The van der Waals surface area contributed by atoms with Gasteiger partial charge in [0, 0.05) is 19.2 Å². The van der Waals surface area contributed by atoms with E-state index in [1.165, 1.54) is 18.1 Å². The number of amides is 2. The maximum absolute atomic E-state index is 12.0. The number of hydrogen-bond donors (Lipinski definition) is 1. The van der Waals surface area contributed by atoms with E-state index in [0.717, 1.165) is 11.3 Å². The third-order valence-corrected chi connectivity index (χ3v) is 3.26. The highest BCUT2D eigenvalue weighted by atomic mass is 16.6. The Balaban J connectivity index is 2.02. The van der Waals surface area contributed by atoms with Gasteiger partial charge in [-0.1, -0.05) is 30.3 Å². The molecule has 0 aliphatic carbocycles. The van der Waals surface area contributed by atoms with Gasteiger partial charge in [-0.2, -0.15) is 0 Å². The maximum Gasteiger partial charge on any atom is 0.415 e. The summed E-state index contributed by atoms with van der Waals surface area (Å²) < 4.78 is 5.25. The molecule has 0 atom stereocenters. The van der Waals surface area contributed by atoms with Gasteiger partial charge >= 0.3 is 6.09 Å². The molecule has 1 heterocycles. The molecular formula is C17H19N3O3. The molecule has 0 unspecified atom stereocenters. The first-order valence-electron chi connectivity index (χ1n) is 7.33. The second-order valence-electron chi connectivity index (χ2n) is 4.80. The summed E-state index contributed by atoms with van der Waals surface area (Å²) in [5, 5.41) is 2.47. The minimum atomic E-state index is -0.578. The number of nitrogens with zero attached hydrogens (tertiary/aromatic N) is 2. The van der Waals surface area contributed by atoms with E-state index in [4.69, 9.17) is 4.74 Å².